The maximum Gasteiger partial charge on any atom is 0.150 e. The van der Waals surface area contributed by atoms with E-state index in [0.29, 0.717) is 23.5 Å². The third-order valence-corrected chi connectivity index (χ3v) is 5.69. The first-order valence-electron chi connectivity index (χ1n) is 6.00. The fourth-order valence-electron chi connectivity index (χ4n) is 2.80. The molecule has 2 aliphatic rings. The van der Waals surface area contributed by atoms with Gasteiger partial charge in [-0.25, -0.2) is 8.42 Å². The van der Waals surface area contributed by atoms with Crippen molar-refractivity contribution in [2.45, 2.75) is 38.6 Å². The number of rotatable bonds is 3. The minimum atomic E-state index is -2.69. The van der Waals surface area contributed by atoms with Gasteiger partial charge in [-0.1, -0.05) is 13.3 Å². The van der Waals surface area contributed by atoms with Crippen molar-refractivity contribution < 1.29 is 8.42 Å². The summed E-state index contributed by atoms with van der Waals surface area (Å²) in [6.45, 7) is 3.18. The maximum atomic E-state index is 11.3. The summed E-state index contributed by atoms with van der Waals surface area (Å²) < 4.78 is 22.5. The van der Waals surface area contributed by atoms with E-state index in [1.165, 1.54) is 19.3 Å². The topological polar surface area (TPSA) is 46.2 Å². The summed E-state index contributed by atoms with van der Waals surface area (Å²) in [5, 5.41) is 3.55. The van der Waals surface area contributed by atoms with Crippen molar-refractivity contribution in [2.75, 3.05) is 18.1 Å². The molecule has 3 nitrogen and oxygen atoms in total. The number of nitrogens with one attached hydrogen (secondary N) is 1. The molecule has 0 aromatic carbocycles. The second-order valence-corrected chi connectivity index (χ2v) is 7.42. The van der Waals surface area contributed by atoms with E-state index in [1.807, 2.05) is 0 Å². The smallest absolute Gasteiger partial charge is 0.150 e. The molecule has 0 spiro atoms. The Balaban J connectivity index is 1.75. The van der Waals surface area contributed by atoms with Crippen LogP contribution in [0.5, 0.6) is 0 Å². The lowest BCUT2D eigenvalue weighted by Crippen LogP contribution is -2.35. The van der Waals surface area contributed by atoms with Crippen LogP contribution in [0.1, 0.15) is 32.6 Å². The SMILES string of the molecule is CC1CCCC1NCC1CCS(=O)(=O)C1. The van der Waals surface area contributed by atoms with E-state index in [9.17, 15) is 8.42 Å². The first-order chi connectivity index (χ1) is 7.07. The summed E-state index contributed by atoms with van der Waals surface area (Å²) in [5.74, 6) is 1.94. The summed E-state index contributed by atoms with van der Waals surface area (Å²) in [6.07, 6.45) is 4.76. The molecule has 1 saturated heterocycles. The van der Waals surface area contributed by atoms with Crippen molar-refractivity contribution in [1.29, 1.82) is 0 Å². The molecular weight excluding hydrogens is 210 g/mol. The van der Waals surface area contributed by atoms with Crippen LogP contribution in [0.4, 0.5) is 0 Å². The Labute approximate surface area is 92.6 Å². The third kappa shape index (κ3) is 2.94. The van der Waals surface area contributed by atoms with Crippen molar-refractivity contribution in [2.24, 2.45) is 11.8 Å². The minimum Gasteiger partial charge on any atom is -0.313 e. The van der Waals surface area contributed by atoms with Crippen molar-refractivity contribution in [3.8, 4) is 0 Å². The summed E-state index contributed by atoms with van der Waals surface area (Å²) in [6, 6.07) is 0.633. The molecule has 1 aliphatic heterocycles. The van der Waals surface area contributed by atoms with Crippen LogP contribution in [-0.2, 0) is 9.84 Å². The van der Waals surface area contributed by atoms with Crippen LogP contribution in [0.15, 0.2) is 0 Å². The fraction of sp³-hybridized carbons (Fsp3) is 1.00. The molecule has 4 heteroatoms. The van der Waals surface area contributed by atoms with E-state index in [2.05, 4.69) is 12.2 Å². The van der Waals surface area contributed by atoms with Gasteiger partial charge in [0, 0.05) is 6.04 Å². The van der Waals surface area contributed by atoms with Crippen molar-refractivity contribution >= 4 is 9.84 Å². The van der Waals surface area contributed by atoms with E-state index in [0.717, 1.165) is 18.9 Å². The van der Waals surface area contributed by atoms with E-state index < -0.39 is 9.84 Å². The van der Waals surface area contributed by atoms with Crippen LogP contribution < -0.4 is 5.32 Å². The van der Waals surface area contributed by atoms with E-state index >= 15 is 0 Å². The Bertz CT molecular complexity index is 313. The van der Waals surface area contributed by atoms with Crippen LogP contribution in [0.3, 0.4) is 0 Å². The van der Waals surface area contributed by atoms with Gasteiger partial charge in [0.15, 0.2) is 9.84 Å². The fourth-order valence-corrected chi connectivity index (χ4v) is 4.66. The van der Waals surface area contributed by atoms with Crippen LogP contribution in [-0.4, -0.2) is 32.5 Å². The zero-order valence-corrected chi connectivity index (χ0v) is 10.2. The van der Waals surface area contributed by atoms with Crippen LogP contribution in [0.2, 0.25) is 0 Å². The number of sulfone groups is 1. The van der Waals surface area contributed by atoms with Crippen molar-refractivity contribution in [3.05, 3.63) is 0 Å². The van der Waals surface area contributed by atoms with Crippen LogP contribution >= 0.6 is 0 Å². The summed E-state index contributed by atoms with van der Waals surface area (Å²) in [5.41, 5.74) is 0. The van der Waals surface area contributed by atoms with Gasteiger partial charge in [-0.2, -0.15) is 0 Å². The molecular formula is C11H21NO2S. The monoisotopic (exact) mass is 231 g/mol. The first kappa shape index (κ1) is 11.4. The Morgan fingerprint density at radius 3 is 2.60 bits per heavy atom. The highest BCUT2D eigenvalue weighted by atomic mass is 32.2. The average Bonchev–Trinajstić information content (AvgIpc) is 2.69. The lowest BCUT2D eigenvalue weighted by Gasteiger charge is -2.19. The van der Waals surface area contributed by atoms with Gasteiger partial charge in [-0.15, -0.1) is 0 Å². The minimum absolute atomic E-state index is 0.364. The number of hydrogen-bond acceptors (Lipinski definition) is 3. The van der Waals surface area contributed by atoms with E-state index in [4.69, 9.17) is 0 Å². The van der Waals surface area contributed by atoms with Gasteiger partial charge in [0.2, 0.25) is 0 Å². The van der Waals surface area contributed by atoms with E-state index in [1.54, 1.807) is 0 Å². The third-order valence-electron chi connectivity index (χ3n) is 3.86. The normalized spacial score (nSPS) is 39.7. The summed E-state index contributed by atoms with van der Waals surface area (Å²) in [4.78, 5) is 0. The molecule has 0 amide bonds. The van der Waals surface area contributed by atoms with Crippen LogP contribution in [0.25, 0.3) is 0 Å². The predicted molar refractivity (Wildman–Crippen MR) is 61.6 cm³/mol. The summed E-state index contributed by atoms with van der Waals surface area (Å²) in [7, 11) is -2.69. The molecule has 1 N–H and O–H groups in total. The second-order valence-electron chi connectivity index (χ2n) is 5.19. The molecule has 88 valence electrons. The second kappa shape index (κ2) is 4.42. The molecule has 2 rings (SSSR count). The number of hydrogen-bond donors (Lipinski definition) is 1. The summed E-state index contributed by atoms with van der Waals surface area (Å²) >= 11 is 0. The van der Waals surface area contributed by atoms with Gasteiger partial charge >= 0.3 is 0 Å². The highest BCUT2D eigenvalue weighted by molar-refractivity contribution is 7.91. The molecule has 0 aromatic rings. The molecule has 2 fully saturated rings. The molecule has 3 atom stereocenters. The van der Waals surface area contributed by atoms with Crippen LogP contribution in [0, 0.1) is 11.8 Å². The molecule has 1 saturated carbocycles. The van der Waals surface area contributed by atoms with Gasteiger partial charge < -0.3 is 5.32 Å². The molecule has 1 heterocycles. The lowest BCUT2D eigenvalue weighted by molar-refractivity contribution is 0.393. The van der Waals surface area contributed by atoms with E-state index in [-0.39, 0.29) is 0 Å². The molecule has 0 aromatic heterocycles. The predicted octanol–water partition coefficient (Wildman–Crippen LogP) is 1.20. The Hall–Kier alpha value is -0.0900. The van der Waals surface area contributed by atoms with Gasteiger partial charge in [-0.05, 0) is 37.6 Å². The Morgan fingerprint density at radius 1 is 1.27 bits per heavy atom. The standard InChI is InChI=1S/C11H21NO2S/c1-9-3-2-4-11(9)12-7-10-5-6-15(13,14)8-10/h9-12H,2-8H2,1H3. The zero-order chi connectivity index (χ0) is 10.9. The Morgan fingerprint density at radius 2 is 2.07 bits per heavy atom. The molecule has 1 aliphatic carbocycles. The van der Waals surface area contributed by atoms with Crippen molar-refractivity contribution in [3.63, 3.8) is 0 Å². The zero-order valence-electron chi connectivity index (χ0n) is 9.41. The largest absolute Gasteiger partial charge is 0.313 e. The maximum absolute atomic E-state index is 11.3. The van der Waals surface area contributed by atoms with Crippen molar-refractivity contribution in [1.82, 2.24) is 5.32 Å². The molecule has 0 radical (unpaired) electrons. The molecule has 15 heavy (non-hydrogen) atoms. The Kier molecular flexibility index (Phi) is 3.36. The highest BCUT2D eigenvalue weighted by Gasteiger charge is 2.29. The lowest BCUT2D eigenvalue weighted by atomic mass is 10.0. The van der Waals surface area contributed by atoms with Gasteiger partial charge in [0.1, 0.15) is 0 Å². The van der Waals surface area contributed by atoms with Gasteiger partial charge in [0.25, 0.3) is 0 Å². The first-order valence-corrected chi connectivity index (χ1v) is 7.83. The molecule has 0 bridgehead atoms. The average molecular weight is 231 g/mol. The van der Waals surface area contributed by atoms with Gasteiger partial charge in [0.05, 0.1) is 11.5 Å². The quantitative estimate of drug-likeness (QED) is 0.794. The van der Waals surface area contributed by atoms with Gasteiger partial charge in [-0.3, -0.25) is 0 Å². The molecule has 3 unspecified atom stereocenters. The highest BCUT2D eigenvalue weighted by Crippen LogP contribution is 2.25.